The van der Waals surface area contributed by atoms with Gasteiger partial charge in [0.15, 0.2) is 0 Å². The van der Waals surface area contributed by atoms with Crippen molar-refractivity contribution in [3.8, 4) is 5.75 Å². The van der Waals surface area contributed by atoms with E-state index < -0.39 is 0 Å². The number of nitrogens with zero attached hydrogens (tertiary/aromatic N) is 1. The van der Waals surface area contributed by atoms with Crippen LogP contribution in [0.5, 0.6) is 5.75 Å². The third-order valence-electron chi connectivity index (χ3n) is 3.43. The standard InChI is InChI=1S/C15H16N2O3/c18-17(19)14-7-8-15(13-4-2-1-3-12(13)14)20-10-9-16-11-5-6-11/h1-4,7-8,11,16H,5-6,9-10H2. The Morgan fingerprint density at radius 3 is 2.65 bits per heavy atom. The second kappa shape index (κ2) is 5.46. The van der Waals surface area contributed by atoms with Crippen molar-refractivity contribution in [2.75, 3.05) is 13.2 Å². The molecule has 5 heteroatoms. The molecule has 1 aliphatic rings. The lowest BCUT2D eigenvalue weighted by atomic mass is 10.1. The Morgan fingerprint density at radius 1 is 1.20 bits per heavy atom. The van der Waals surface area contributed by atoms with Crippen LogP contribution in [0.4, 0.5) is 5.69 Å². The smallest absolute Gasteiger partial charge is 0.277 e. The van der Waals surface area contributed by atoms with E-state index in [4.69, 9.17) is 4.74 Å². The minimum absolute atomic E-state index is 0.115. The van der Waals surface area contributed by atoms with Gasteiger partial charge in [-0.05, 0) is 25.0 Å². The molecule has 1 fully saturated rings. The predicted octanol–water partition coefficient (Wildman–Crippen LogP) is 2.88. The molecular formula is C15H16N2O3. The molecule has 1 aliphatic carbocycles. The fourth-order valence-electron chi connectivity index (χ4n) is 2.25. The van der Waals surface area contributed by atoms with Gasteiger partial charge in [0.1, 0.15) is 12.4 Å². The topological polar surface area (TPSA) is 64.4 Å². The molecule has 0 saturated heterocycles. The van der Waals surface area contributed by atoms with E-state index in [-0.39, 0.29) is 10.6 Å². The van der Waals surface area contributed by atoms with E-state index in [2.05, 4.69) is 5.32 Å². The van der Waals surface area contributed by atoms with Crippen molar-refractivity contribution in [1.82, 2.24) is 5.32 Å². The summed E-state index contributed by atoms with van der Waals surface area (Å²) >= 11 is 0. The van der Waals surface area contributed by atoms with Crippen molar-refractivity contribution in [3.05, 3.63) is 46.5 Å². The zero-order chi connectivity index (χ0) is 13.9. The van der Waals surface area contributed by atoms with Crippen LogP contribution in [0.3, 0.4) is 0 Å². The Labute approximate surface area is 116 Å². The lowest BCUT2D eigenvalue weighted by molar-refractivity contribution is -0.383. The molecule has 2 aromatic rings. The van der Waals surface area contributed by atoms with Crippen LogP contribution in [-0.4, -0.2) is 24.1 Å². The number of hydrogen-bond acceptors (Lipinski definition) is 4. The van der Waals surface area contributed by atoms with E-state index in [1.807, 2.05) is 12.1 Å². The minimum atomic E-state index is -0.360. The van der Waals surface area contributed by atoms with E-state index in [0.717, 1.165) is 11.9 Å². The van der Waals surface area contributed by atoms with Crippen LogP contribution in [0.2, 0.25) is 0 Å². The highest BCUT2D eigenvalue weighted by Crippen LogP contribution is 2.32. The normalized spacial score (nSPS) is 14.4. The zero-order valence-electron chi connectivity index (χ0n) is 11.0. The lowest BCUT2D eigenvalue weighted by Crippen LogP contribution is -2.22. The molecule has 0 aliphatic heterocycles. The summed E-state index contributed by atoms with van der Waals surface area (Å²) in [6.45, 7) is 1.37. The van der Waals surface area contributed by atoms with Crippen LogP contribution in [0.25, 0.3) is 10.8 Å². The molecule has 0 aromatic heterocycles. The minimum Gasteiger partial charge on any atom is -0.492 e. The first kappa shape index (κ1) is 12.9. The van der Waals surface area contributed by atoms with Gasteiger partial charge < -0.3 is 10.1 Å². The van der Waals surface area contributed by atoms with Crippen molar-refractivity contribution < 1.29 is 9.66 Å². The Balaban J connectivity index is 1.79. The maximum absolute atomic E-state index is 11.0. The summed E-state index contributed by atoms with van der Waals surface area (Å²) in [6.07, 6.45) is 2.50. The molecule has 0 atom stereocenters. The second-order valence-corrected chi connectivity index (χ2v) is 4.96. The van der Waals surface area contributed by atoms with Gasteiger partial charge in [-0.1, -0.05) is 18.2 Å². The number of non-ortho nitro benzene ring substituents is 1. The molecule has 104 valence electrons. The predicted molar refractivity (Wildman–Crippen MR) is 77.1 cm³/mol. The molecule has 0 radical (unpaired) electrons. The van der Waals surface area contributed by atoms with Crippen molar-refractivity contribution in [2.24, 2.45) is 0 Å². The summed E-state index contributed by atoms with van der Waals surface area (Å²) < 4.78 is 5.75. The molecule has 0 spiro atoms. The molecule has 0 amide bonds. The van der Waals surface area contributed by atoms with Crippen molar-refractivity contribution in [2.45, 2.75) is 18.9 Å². The van der Waals surface area contributed by atoms with Crippen molar-refractivity contribution >= 4 is 16.5 Å². The van der Waals surface area contributed by atoms with Gasteiger partial charge in [0, 0.05) is 24.0 Å². The van der Waals surface area contributed by atoms with Gasteiger partial charge in [-0.3, -0.25) is 10.1 Å². The maximum Gasteiger partial charge on any atom is 0.277 e. The first-order valence-corrected chi connectivity index (χ1v) is 6.78. The highest BCUT2D eigenvalue weighted by molar-refractivity contribution is 5.95. The summed E-state index contributed by atoms with van der Waals surface area (Å²) in [5.74, 6) is 0.698. The monoisotopic (exact) mass is 272 g/mol. The third-order valence-corrected chi connectivity index (χ3v) is 3.43. The summed E-state index contributed by atoms with van der Waals surface area (Å²) in [5, 5.41) is 15.8. The Morgan fingerprint density at radius 2 is 1.95 bits per heavy atom. The van der Waals surface area contributed by atoms with Crippen LogP contribution >= 0.6 is 0 Å². The Kier molecular flexibility index (Phi) is 3.52. The number of benzene rings is 2. The largest absolute Gasteiger partial charge is 0.492 e. The van der Waals surface area contributed by atoms with Gasteiger partial charge >= 0.3 is 0 Å². The van der Waals surface area contributed by atoms with Crippen LogP contribution in [0, 0.1) is 10.1 Å². The fraction of sp³-hybridized carbons (Fsp3) is 0.333. The SMILES string of the molecule is O=[N+]([O-])c1ccc(OCCNC2CC2)c2ccccc12. The van der Waals surface area contributed by atoms with Gasteiger partial charge in [0.2, 0.25) is 0 Å². The highest BCUT2D eigenvalue weighted by atomic mass is 16.6. The van der Waals surface area contributed by atoms with E-state index in [9.17, 15) is 10.1 Å². The zero-order valence-corrected chi connectivity index (χ0v) is 11.0. The number of ether oxygens (including phenoxy) is 1. The number of nitro benzene ring substituents is 1. The summed E-state index contributed by atoms with van der Waals surface area (Å²) in [4.78, 5) is 10.7. The first-order valence-electron chi connectivity index (χ1n) is 6.78. The average molecular weight is 272 g/mol. The number of nitrogens with one attached hydrogen (secondary N) is 1. The molecule has 0 bridgehead atoms. The first-order chi connectivity index (χ1) is 9.75. The fourth-order valence-corrected chi connectivity index (χ4v) is 2.25. The molecule has 0 heterocycles. The summed E-state index contributed by atoms with van der Waals surface area (Å²) in [7, 11) is 0. The van der Waals surface area contributed by atoms with Gasteiger partial charge in [-0.15, -0.1) is 0 Å². The number of hydrogen-bond donors (Lipinski definition) is 1. The molecule has 0 unspecified atom stereocenters. The molecule has 3 rings (SSSR count). The number of nitro groups is 1. The molecule has 1 N–H and O–H groups in total. The van der Waals surface area contributed by atoms with Crippen LogP contribution in [0.15, 0.2) is 36.4 Å². The summed E-state index contributed by atoms with van der Waals surface area (Å²) in [5.41, 5.74) is 0.115. The van der Waals surface area contributed by atoms with Crippen LogP contribution < -0.4 is 10.1 Å². The summed E-state index contributed by atoms with van der Waals surface area (Å²) in [6, 6.07) is 11.1. The van der Waals surface area contributed by atoms with Gasteiger partial charge in [-0.2, -0.15) is 0 Å². The maximum atomic E-state index is 11.0. The van der Waals surface area contributed by atoms with Gasteiger partial charge in [0.25, 0.3) is 5.69 Å². The number of fused-ring (bicyclic) bond motifs is 1. The van der Waals surface area contributed by atoms with Gasteiger partial charge in [0.05, 0.1) is 10.3 Å². The highest BCUT2D eigenvalue weighted by Gasteiger charge is 2.20. The molecular weight excluding hydrogens is 256 g/mol. The molecule has 1 saturated carbocycles. The quantitative estimate of drug-likeness (QED) is 0.499. The van der Waals surface area contributed by atoms with Crippen molar-refractivity contribution in [1.29, 1.82) is 0 Å². The molecule has 20 heavy (non-hydrogen) atoms. The van der Waals surface area contributed by atoms with Crippen molar-refractivity contribution in [3.63, 3.8) is 0 Å². The third kappa shape index (κ3) is 2.72. The van der Waals surface area contributed by atoms with E-state index in [1.165, 1.54) is 18.9 Å². The van der Waals surface area contributed by atoms with E-state index in [0.29, 0.717) is 23.8 Å². The number of rotatable bonds is 6. The van der Waals surface area contributed by atoms with Crippen LogP contribution in [-0.2, 0) is 0 Å². The Bertz CT molecular complexity index is 638. The average Bonchev–Trinajstić information content (AvgIpc) is 3.27. The van der Waals surface area contributed by atoms with Gasteiger partial charge in [-0.25, -0.2) is 0 Å². The molecule has 2 aromatic carbocycles. The lowest BCUT2D eigenvalue weighted by Gasteiger charge is -2.10. The second-order valence-electron chi connectivity index (χ2n) is 4.96. The van der Waals surface area contributed by atoms with E-state index >= 15 is 0 Å². The Hall–Kier alpha value is -2.14. The molecule has 5 nitrogen and oxygen atoms in total. The van der Waals surface area contributed by atoms with Crippen LogP contribution in [0.1, 0.15) is 12.8 Å². The van der Waals surface area contributed by atoms with E-state index in [1.54, 1.807) is 18.2 Å².